The van der Waals surface area contributed by atoms with Gasteiger partial charge >= 0.3 is 0 Å². The summed E-state index contributed by atoms with van der Waals surface area (Å²) in [7, 11) is 0. The molecule has 0 aliphatic heterocycles. The Balaban J connectivity index is 1.98. The molecule has 3 rings (SSSR count). The van der Waals surface area contributed by atoms with Crippen molar-refractivity contribution < 1.29 is 4.42 Å². The maximum absolute atomic E-state index is 6.20. The van der Waals surface area contributed by atoms with E-state index in [-0.39, 0.29) is 0 Å². The predicted octanol–water partition coefficient (Wildman–Crippen LogP) is 4.75. The number of hydrogen-bond donors (Lipinski definition) is 1. The van der Waals surface area contributed by atoms with E-state index >= 15 is 0 Å². The van der Waals surface area contributed by atoms with Gasteiger partial charge in [-0.1, -0.05) is 23.2 Å². The number of rotatable bonds is 3. The molecule has 0 atom stereocenters. The van der Waals surface area contributed by atoms with Gasteiger partial charge in [-0.15, -0.1) is 0 Å². The maximum Gasteiger partial charge on any atom is 0.154 e. The third-order valence-corrected chi connectivity index (χ3v) is 4.38. The summed E-state index contributed by atoms with van der Waals surface area (Å²) in [6.07, 6.45) is 2.51. The quantitative estimate of drug-likeness (QED) is 0.819. The molecule has 2 nitrogen and oxygen atoms in total. The largest absolute Gasteiger partial charge is 0.458 e. The fraction of sp³-hybridized carbons (Fsp3) is 0.333. The van der Waals surface area contributed by atoms with E-state index in [4.69, 9.17) is 27.6 Å². The van der Waals surface area contributed by atoms with E-state index in [0.717, 1.165) is 22.2 Å². The van der Waals surface area contributed by atoms with E-state index < -0.39 is 0 Å². The molecule has 1 aliphatic carbocycles. The van der Waals surface area contributed by atoms with Gasteiger partial charge in [0.15, 0.2) is 5.58 Å². The Labute approximate surface area is 117 Å². The number of fused-ring (bicyclic) bond motifs is 1. The second-order valence-corrected chi connectivity index (χ2v) is 5.90. The first-order chi connectivity index (χ1) is 8.15. The molecule has 2 aromatic rings. The predicted molar refractivity (Wildman–Crippen MR) is 73.8 cm³/mol. The van der Waals surface area contributed by atoms with Crippen molar-refractivity contribution in [3.63, 3.8) is 0 Å². The fourth-order valence-electron chi connectivity index (χ4n) is 1.77. The van der Waals surface area contributed by atoms with Crippen molar-refractivity contribution in [3.05, 3.63) is 32.4 Å². The highest BCUT2D eigenvalue weighted by molar-refractivity contribution is 9.10. The van der Waals surface area contributed by atoms with Crippen molar-refractivity contribution in [2.24, 2.45) is 0 Å². The minimum atomic E-state index is 0.578. The molecule has 90 valence electrons. The first kappa shape index (κ1) is 11.8. The number of nitrogens with one attached hydrogen (secondary N) is 1. The first-order valence-electron chi connectivity index (χ1n) is 5.44. The fourth-order valence-corrected chi connectivity index (χ4v) is 2.79. The molecule has 0 bridgehead atoms. The van der Waals surface area contributed by atoms with Gasteiger partial charge < -0.3 is 9.73 Å². The Morgan fingerprint density at radius 2 is 2.12 bits per heavy atom. The highest BCUT2D eigenvalue weighted by Gasteiger charge is 2.21. The molecule has 1 saturated carbocycles. The zero-order chi connectivity index (χ0) is 12.0. The summed E-state index contributed by atoms with van der Waals surface area (Å²) in [5.41, 5.74) is 0.660. The highest BCUT2D eigenvalue weighted by atomic mass is 79.9. The molecule has 0 amide bonds. The summed E-state index contributed by atoms with van der Waals surface area (Å²) in [5.74, 6) is 0.869. The number of furan rings is 1. The van der Waals surface area contributed by atoms with E-state index in [2.05, 4.69) is 21.2 Å². The zero-order valence-electron chi connectivity index (χ0n) is 8.90. The van der Waals surface area contributed by atoms with Crippen LogP contribution in [-0.4, -0.2) is 6.04 Å². The van der Waals surface area contributed by atoms with Gasteiger partial charge in [0.1, 0.15) is 5.76 Å². The maximum atomic E-state index is 6.20. The summed E-state index contributed by atoms with van der Waals surface area (Å²) in [6.45, 7) is 0.726. The minimum absolute atomic E-state index is 0.578. The number of hydrogen-bond acceptors (Lipinski definition) is 2. The van der Waals surface area contributed by atoms with Crippen molar-refractivity contribution in [2.75, 3.05) is 0 Å². The third-order valence-electron chi connectivity index (χ3n) is 2.84. The highest BCUT2D eigenvalue weighted by Crippen LogP contribution is 2.38. The van der Waals surface area contributed by atoms with E-state index in [9.17, 15) is 0 Å². The minimum Gasteiger partial charge on any atom is -0.458 e. The van der Waals surface area contributed by atoms with Crippen LogP contribution in [0.3, 0.4) is 0 Å². The van der Waals surface area contributed by atoms with Gasteiger partial charge in [-0.3, -0.25) is 0 Å². The molecule has 1 fully saturated rings. The molecule has 1 aliphatic rings. The Morgan fingerprint density at radius 1 is 1.35 bits per heavy atom. The lowest BCUT2D eigenvalue weighted by atomic mass is 10.2. The van der Waals surface area contributed by atoms with Crippen LogP contribution in [0.5, 0.6) is 0 Å². The van der Waals surface area contributed by atoms with Crippen molar-refractivity contribution in [1.82, 2.24) is 5.32 Å². The van der Waals surface area contributed by atoms with E-state index in [0.29, 0.717) is 21.7 Å². The van der Waals surface area contributed by atoms with Gasteiger partial charge in [0.2, 0.25) is 0 Å². The molecule has 1 aromatic carbocycles. The van der Waals surface area contributed by atoms with E-state index in [1.807, 2.05) is 6.07 Å². The molecule has 1 heterocycles. The van der Waals surface area contributed by atoms with Crippen LogP contribution in [0.4, 0.5) is 0 Å². The molecular formula is C12H10BrCl2NO. The Bertz CT molecular complexity index is 577. The van der Waals surface area contributed by atoms with Crippen molar-refractivity contribution in [1.29, 1.82) is 0 Å². The summed E-state index contributed by atoms with van der Waals surface area (Å²) in [6, 6.07) is 4.36. The summed E-state index contributed by atoms with van der Waals surface area (Å²) in [5, 5.41) is 5.48. The zero-order valence-corrected chi connectivity index (χ0v) is 12.0. The van der Waals surface area contributed by atoms with Crippen LogP contribution in [0.25, 0.3) is 11.0 Å². The molecular weight excluding hydrogens is 325 g/mol. The molecule has 1 aromatic heterocycles. The number of halogens is 3. The van der Waals surface area contributed by atoms with Crippen molar-refractivity contribution >= 4 is 50.1 Å². The van der Waals surface area contributed by atoms with Crippen molar-refractivity contribution in [3.8, 4) is 0 Å². The normalized spacial score (nSPS) is 15.7. The smallest absolute Gasteiger partial charge is 0.154 e. The second-order valence-electron chi connectivity index (χ2n) is 4.26. The van der Waals surface area contributed by atoms with Crippen LogP contribution in [-0.2, 0) is 6.54 Å². The third kappa shape index (κ3) is 2.34. The SMILES string of the molecule is Clc1c(Br)cc(Cl)c2oc(CNC3CC3)cc12. The van der Waals surface area contributed by atoms with Crippen LogP contribution in [0.1, 0.15) is 18.6 Å². The Hall–Kier alpha value is -0.220. The van der Waals surface area contributed by atoms with Gasteiger partial charge in [-0.2, -0.15) is 0 Å². The van der Waals surface area contributed by atoms with Gasteiger partial charge in [0.25, 0.3) is 0 Å². The number of benzene rings is 1. The van der Waals surface area contributed by atoms with Gasteiger partial charge in [0.05, 0.1) is 16.6 Å². The summed E-state index contributed by atoms with van der Waals surface area (Å²) >= 11 is 15.7. The molecule has 5 heteroatoms. The van der Waals surface area contributed by atoms with Crippen LogP contribution >= 0.6 is 39.1 Å². The van der Waals surface area contributed by atoms with E-state index in [1.54, 1.807) is 6.07 Å². The molecule has 0 saturated heterocycles. The summed E-state index contributed by atoms with van der Waals surface area (Å²) in [4.78, 5) is 0. The molecule has 1 N–H and O–H groups in total. The molecule has 0 unspecified atom stereocenters. The monoisotopic (exact) mass is 333 g/mol. The van der Waals surface area contributed by atoms with Crippen LogP contribution < -0.4 is 5.32 Å². The average Bonchev–Trinajstić information content (AvgIpc) is 3.02. The van der Waals surface area contributed by atoms with E-state index in [1.165, 1.54) is 12.8 Å². The van der Waals surface area contributed by atoms with Gasteiger partial charge in [0, 0.05) is 15.9 Å². The van der Waals surface area contributed by atoms with Gasteiger partial charge in [-0.05, 0) is 40.9 Å². The van der Waals surface area contributed by atoms with Crippen molar-refractivity contribution in [2.45, 2.75) is 25.4 Å². The Morgan fingerprint density at radius 3 is 2.82 bits per heavy atom. The van der Waals surface area contributed by atoms with Crippen LogP contribution in [0.15, 0.2) is 21.0 Å². The molecule has 17 heavy (non-hydrogen) atoms. The lowest BCUT2D eigenvalue weighted by molar-refractivity contribution is 0.512. The lowest BCUT2D eigenvalue weighted by Gasteiger charge is -1.98. The first-order valence-corrected chi connectivity index (χ1v) is 6.99. The van der Waals surface area contributed by atoms with Gasteiger partial charge in [-0.25, -0.2) is 0 Å². The summed E-state index contributed by atoms with van der Waals surface area (Å²) < 4.78 is 6.50. The van der Waals surface area contributed by atoms with Crippen LogP contribution in [0, 0.1) is 0 Å². The van der Waals surface area contributed by atoms with Crippen LogP contribution in [0.2, 0.25) is 10.0 Å². The average molecular weight is 335 g/mol. The second kappa shape index (κ2) is 4.47. The Kier molecular flexibility index (Phi) is 3.11. The standard InChI is InChI=1S/C12H10BrCl2NO/c13-9-4-10(14)12-8(11(9)15)3-7(17-12)5-16-6-1-2-6/h3-4,6,16H,1-2,5H2. The topological polar surface area (TPSA) is 25.2 Å². The molecule has 0 spiro atoms. The molecule has 0 radical (unpaired) electrons. The lowest BCUT2D eigenvalue weighted by Crippen LogP contribution is -2.14.